The molecule has 0 saturated carbocycles. The van der Waals surface area contributed by atoms with Gasteiger partial charge in [0.25, 0.3) is 0 Å². The summed E-state index contributed by atoms with van der Waals surface area (Å²) >= 11 is 1.06. The smallest absolute Gasteiger partial charge is 0.324 e. The van der Waals surface area contributed by atoms with E-state index in [1.165, 1.54) is 22.9 Å². The first-order valence-electron chi connectivity index (χ1n) is 7.20. The van der Waals surface area contributed by atoms with Gasteiger partial charge in [-0.05, 0) is 31.2 Å². The Hall–Kier alpha value is -2.68. The first-order valence-corrected chi connectivity index (χ1v) is 8.01. The van der Waals surface area contributed by atoms with Crippen molar-refractivity contribution in [1.29, 1.82) is 0 Å². The van der Waals surface area contributed by atoms with Gasteiger partial charge >= 0.3 is 11.0 Å². The second-order valence-electron chi connectivity index (χ2n) is 5.31. The number of benzene rings is 1. The fourth-order valence-electron chi connectivity index (χ4n) is 2.20. The van der Waals surface area contributed by atoms with Crippen molar-refractivity contribution in [1.82, 2.24) is 14.5 Å². The van der Waals surface area contributed by atoms with E-state index in [0.717, 1.165) is 29.2 Å². The number of aromatic nitrogens is 3. The summed E-state index contributed by atoms with van der Waals surface area (Å²) in [5.41, 5.74) is 0.763. The molecule has 130 valence electrons. The molecular weight excluding hydrogens is 353 g/mol. The molecular formula is C16H13F3N4OS. The maximum absolute atomic E-state index is 12.8. The van der Waals surface area contributed by atoms with E-state index in [0.29, 0.717) is 10.6 Å². The van der Waals surface area contributed by atoms with Crippen LogP contribution in [0.1, 0.15) is 11.3 Å². The largest absolute Gasteiger partial charge is 0.416 e. The van der Waals surface area contributed by atoms with Gasteiger partial charge in [0.05, 0.1) is 16.1 Å². The predicted molar refractivity (Wildman–Crippen MR) is 90.0 cm³/mol. The Morgan fingerprint density at radius 2 is 2.00 bits per heavy atom. The highest BCUT2D eigenvalue weighted by Gasteiger charge is 2.30. The minimum atomic E-state index is -4.42. The van der Waals surface area contributed by atoms with Crippen LogP contribution < -0.4 is 10.2 Å². The summed E-state index contributed by atoms with van der Waals surface area (Å²) in [7, 11) is 1.67. The molecule has 1 aromatic carbocycles. The minimum absolute atomic E-state index is 0.113. The Kier molecular flexibility index (Phi) is 4.34. The number of hydrogen-bond acceptors (Lipinski definition) is 5. The highest BCUT2D eigenvalue weighted by molar-refractivity contribution is 7.13. The first-order chi connectivity index (χ1) is 11.8. The molecule has 0 aliphatic rings. The number of anilines is 2. The minimum Gasteiger partial charge on any atom is -0.324 e. The van der Waals surface area contributed by atoms with Gasteiger partial charge < -0.3 is 9.88 Å². The summed E-state index contributed by atoms with van der Waals surface area (Å²) in [5, 5.41) is 2.76. The molecule has 0 atom stereocenters. The van der Waals surface area contributed by atoms with E-state index in [1.54, 1.807) is 20.0 Å². The number of nitrogens with one attached hydrogen (secondary N) is 1. The molecule has 5 nitrogen and oxygen atoms in total. The van der Waals surface area contributed by atoms with Crippen molar-refractivity contribution in [3.63, 3.8) is 0 Å². The molecule has 3 aromatic rings. The first kappa shape index (κ1) is 17.2. The van der Waals surface area contributed by atoms with Gasteiger partial charge in [-0.25, -0.2) is 9.97 Å². The molecule has 1 N–H and O–H groups in total. The average Bonchev–Trinajstić information content (AvgIpc) is 2.82. The van der Waals surface area contributed by atoms with E-state index < -0.39 is 11.7 Å². The van der Waals surface area contributed by atoms with E-state index in [1.807, 2.05) is 0 Å². The van der Waals surface area contributed by atoms with Crippen molar-refractivity contribution in [3.8, 4) is 10.6 Å². The Morgan fingerprint density at radius 1 is 1.24 bits per heavy atom. The van der Waals surface area contributed by atoms with Gasteiger partial charge in [-0.15, -0.1) is 0 Å². The molecule has 25 heavy (non-hydrogen) atoms. The highest BCUT2D eigenvalue weighted by Crippen LogP contribution is 2.31. The SMILES string of the molecule is Cc1c(-c2ccnc(Nc3cccc(C(F)(F)F)c3)n2)sc(=O)n1C. The van der Waals surface area contributed by atoms with Crippen LogP contribution in [0.5, 0.6) is 0 Å². The van der Waals surface area contributed by atoms with Crippen LogP contribution in [0.3, 0.4) is 0 Å². The number of alkyl halides is 3. The number of thiazole rings is 1. The standard InChI is InChI=1S/C16H13F3N4OS/c1-9-13(25-15(24)23(9)2)12-6-7-20-14(22-12)21-11-5-3-4-10(8-11)16(17,18)19/h3-8H,1-2H3,(H,20,21,22). The topological polar surface area (TPSA) is 59.8 Å². The number of hydrogen-bond donors (Lipinski definition) is 1. The maximum atomic E-state index is 12.8. The van der Waals surface area contributed by atoms with Gasteiger partial charge in [0, 0.05) is 24.6 Å². The summed E-state index contributed by atoms with van der Waals surface area (Å²) in [6.07, 6.45) is -2.93. The molecule has 3 rings (SSSR count). The normalized spacial score (nSPS) is 11.6. The van der Waals surface area contributed by atoms with Gasteiger partial charge in [-0.2, -0.15) is 13.2 Å². The van der Waals surface area contributed by atoms with Gasteiger partial charge in [0.2, 0.25) is 5.95 Å². The molecule has 0 saturated heterocycles. The van der Waals surface area contributed by atoms with Crippen molar-refractivity contribution >= 4 is 23.0 Å². The summed E-state index contributed by atoms with van der Waals surface area (Å²) in [5.74, 6) is 0.153. The van der Waals surface area contributed by atoms with E-state index in [4.69, 9.17) is 0 Å². The Morgan fingerprint density at radius 3 is 2.64 bits per heavy atom. The Balaban J connectivity index is 1.93. The molecule has 0 amide bonds. The lowest BCUT2D eigenvalue weighted by Gasteiger charge is -2.10. The third-order valence-corrected chi connectivity index (χ3v) is 4.79. The molecule has 2 aromatic heterocycles. The summed E-state index contributed by atoms with van der Waals surface area (Å²) in [4.78, 5) is 20.7. The molecule has 2 heterocycles. The zero-order valence-electron chi connectivity index (χ0n) is 13.3. The zero-order chi connectivity index (χ0) is 18.2. The van der Waals surface area contributed by atoms with Crippen molar-refractivity contribution in [3.05, 3.63) is 57.5 Å². The fourth-order valence-corrected chi connectivity index (χ4v) is 3.16. The summed E-state index contributed by atoms with van der Waals surface area (Å²) in [6.45, 7) is 1.80. The van der Waals surface area contributed by atoms with Crippen molar-refractivity contribution in [2.24, 2.45) is 7.05 Å². The lowest BCUT2D eigenvalue weighted by Crippen LogP contribution is -2.08. The van der Waals surface area contributed by atoms with Gasteiger partial charge in [-0.1, -0.05) is 17.4 Å². The van der Waals surface area contributed by atoms with Crippen LogP contribution in [0.2, 0.25) is 0 Å². The molecule has 0 bridgehead atoms. The second kappa shape index (κ2) is 6.32. The van der Waals surface area contributed by atoms with Crippen LogP contribution in [-0.2, 0) is 13.2 Å². The molecule has 0 fully saturated rings. The number of rotatable bonds is 3. The van der Waals surface area contributed by atoms with Gasteiger partial charge in [0.15, 0.2) is 0 Å². The van der Waals surface area contributed by atoms with E-state index >= 15 is 0 Å². The fraction of sp³-hybridized carbons (Fsp3) is 0.188. The number of nitrogens with zero attached hydrogens (tertiary/aromatic N) is 3. The molecule has 0 aliphatic heterocycles. The molecule has 0 radical (unpaired) electrons. The van der Waals surface area contributed by atoms with Gasteiger partial charge in [0.1, 0.15) is 0 Å². The third kappa shape index (κ3) is 3.55. The van der Waals surface area contributed by atoms with Crippen molar-refractivity contribution in [2.75, 3.05) is 5.32 Å². The van der Waals surface area contributed by atoms with E-state index in [9.17, 15) is 18.0 Å². The van der Waals surface area contributed by atoms with E-state index in [2.05, 4.69) is 15.3 Å². The van der Waals surface area contributed by atoms with Crippen molar-refractivity contribution in [2.45, 2.75) is 13.1 Å². The maximum Gasteiger partial charge on any atom is 0.416 e. The average molecular weight is 366 g/mol. The van der Waals surface area contributed by atoms with E-state index in [-0.39, 0.29) is 16.5 Å². The van der Waals surface area contributed by atoms with Crippen LogP contribution in [0.25, 0.3) is 10.6 Å². The monoisotopic (exact) mass is 366 g/mol. The van der Waals surface area contributed by atoms with Crippen LogP contribution in [0.15, 0.2) is 41.3 Å². The van der Waals surface area contributed by atoms with Crippen LogP contribution in [0.4, 0.5) is 24.8 Å². The summed E-state index contributed by atoms with van der Waals surface area (Å²) < 4.78 is 39.9. The van der Waals surface area contributed by atoms with Crippen LogP contribution in [0, 0.1) is 6.92 Å². The summed E-state index contributed by atoms with van der Waals surface area (Å²) in [6, 6.07) is 6.44. The van der Waals surface area contributed by atoms with Crippen LogP contribution >= 0.6 is 11.3 Å². The number of halogens is 3. The lowest BCUT2D eigenvalue weighted by molar-refractivity contribution is -0.137. The lowest BCUT2D eigenvalue weighted by atomic mass is 10.2. The second-order valence-corrected chi connectivity index (χ2v) is 6.27. The highest BCUT2D eigenvalue weighted by atomic mass is 32.1. The third-order valence-electron chi connectivity index (χ3n) is 3.63. The molecule has 9 heteroatoms. The molecule has 0 unspecified atom stereocenters. The molecule has 0 spiro atoms. The van der Waals surface area contributed by atoms with Gasteiger partial charge in [-0.3, -0.25) is 4.79 Å². The Bertz CT molecular complexity index is 978. The predicted octanol–water partition coefficient (Wildman–Crippen LogP) is 3.97. The zero-order valence-corrected chi connectivity index (χ0v) is 14.1. The van der Waals surface area contributed by atoms with Crippen LogP contribution in [-0.4, -0.2) is 14.5 Å². The quantitative estimate of drug-likeness (QED) is 0.762. The molecule has 0 aliphatic carbocycles. The Labute approximate surface area is 144 Å². The van der Waals surface area contributed by atoms with Crippen molar-refractivity contribution < 1.29 is 13.2 Å².